The second kappa shape index (κ2) is 10.3. The van der Waals surface area contributed by atoms with Gasteiger partial charge in [-0.05, 0) is 43.7 Å². The van der Waals surface area contributed by atoms with Gasteiger partial charge < -0.3 is 19.4 Å². The van der Waals surface area contributed by atoms with E-state index in [1.165, 1.54) is 0 Å². The van der Waals surface area contributed by atoms with Gasteiger partial charge in [0.05, 0.1) is 22.3 Å². The molecule has 2 aromatic heterocycles. The number of anilines is 1. The molecule has 1 amide bonds. The number of halogens is 2. The molecule has 1 aliphatic rings. The van der Waals surface area contributed by atoms with Crippen LogP contribution < -0.4 is 9.64 Å². The highest BCUT2D eigenvalue weighted by atomic mass is 35.5. The van der Waals surface area contributed by atoms with Crippen LogP contribution in [0, 0.1) is 13.5 Å². The Labute approximate surface area is 208 Å². The van der Waals surface area contributed by atoms with Gasteiger partial charge in [0, 0.05) is 37.9 Å². The van der Waals surface area contributed by atoms with Crippen LogP contribution in [0.25, 0.3) is 16.1 Å². The summed E-state index contributed by atoms with van der Waals surface area (Å²) in [6, 6.07) is 9.14. The third-order valence-corrected chi connectivity index (χ3v) is 6.53. The van der Waals surface area contributed by atoms with Crippen molar-refractivity contribution in [3.05, 3.63) is 63.7 Å². The number of pyridine rings is 1. The van der Waals surface area contributed by atoms with Crippen molar-refractivity contribution in [1.82, 2.24) is 19.7 Å². The number of carbonyl (C=O) groups excluding carboxylic acids is 1. The number of rotatable bonds is 6. The quantitative estimate of drug-likeness (QED) is 0.454. The highest BCUT2D eigenvalue weighted by Gasteiger charge is 2.24. The highest BCUT2D eigenvalue weighted by Crippen LogP contribution is 2.32. The Morgan fingerprint density at radius 3 is 2.65 bits per heavy atom. The maximum absolute atomic E-state index is 13.0. The van der Waals surface area contributed by atoms with Crippen molar-refractivity contribution in [1.29, 1.82) is 0 Å². The van der Waals surface area contributed by atoms with Gasteiger partial charge in [-0.3, -0.25) is 9.48 Å². The first-order valence-corrected chi connectivity index (χ1v) is 11.7. The van der Waals surface area contributed by atoms with Gasteiger partial charge in [-0.1, -0.05) is 29.8 Å². The fourth-order valence-electron chi connectivity index (χ4n) is 3.89. The van der Waals surface area contributed by atoms with E-state index >= 15 is 0 Å². The molecule has 10 heteroatoms. The van der Waals surface area contributed by atoms with E-state index in [1.807, 2.05) is 36.9 Å². The first-order chi connectivity index (χ1) is 16.4. The van der Waals surface area contributed by atoms with Crippen molar-refractivity contribution in [3.63, 3.8) is 0 Å². The minimum atomic E-state index is -0.0175. The average Bonchev–Trinajstić information content (AvgIpc) is 3.14. The summed E-state index contributed by atoms with van der Waals surface area (Å²) in [5.74, 6) is 0.916. The Morgan fingerprint density at radius 1 is 1.18 bits per heavy atom. The van der Waals surface area contributed by atoms with Gasteiger partial charge in [0.1, 0.15) is 24.2 Å². The van der Waals surface area contributed by atoms with Gasteiger partial charge >= 0.3 is 0 Å². The lowest BCUT2D eigenvalue weighted by molar-refractivity contribution is -0.132. The molecule has 4 rings (SSSR count). The second-order valence-corrected chi connectivity index (χ2v) is 8.62. The maximum Gasteiger partial charge on any atom is 0.270 e. The lowest BCUT2D eigenvalue weighted by Crippen LogP contribution is -2.49. The summed E-state index contributed by atoms with van der Waals surface area (Å²) in [5.41, 5.74) is 2.96. The summed E-state index contributed by atoms with van der Waals surface area (Å²) >= 11 is 12.7. The van der Waals surface area contributed by atoms with Crippen molar-refractivity contribution >= 4 is 40.6 Å². The summed E-state index contributed by atoms with van der Waals surface area (Å²) in [6.07, 6.45) is 1.55. The van der Waals surface area contributed by atoms with Crippen molar-refractivity contribution in [3.8, 4) is 17.0 Å². The summed E-state index contributed by atoms with van der Waals surface area (Å²) < 4.78 is 7.22. The predicted octanol–water partition coefficient (Wildman–Crippen LogP) is 4.86. The summed E-state index contributed by atoms with van der Waals surface area (Å²) in [6.45, 7) is 14.2. The number of hydrogen-bond acceptors (Lipinski definition) is 5. The molecule has 0 aliphatic carbocycles. The van der Waals surface area contributed by atoms with Gasteiger partial charge in [-0.15, -0.1) is 4.98 Å². The van der Waals surface area contributed by atoms with Crippen LogP contribution in [0.2, 0.25) is 10.0 Å². The van der Waals surface area contributed by atoms with E-state index in [1.54, 1.807) is 23.0 Å². The SMILES string of the molecule is [C-]#[N+]c1cc(-c2nn(CC(=O)N3CCN(c4ccc(Cl)c(OCC)c4)CC3)c(C)c2Cl)ccn1. The van der Waals surface area contributed by atoms with Crippen LogP contribution in [0.5, 0.6) is 5.75 Å². The van der Waals surface area contributed by atoms with Crippen LogP contribution in [0.15, 0.2) is 36.5 Å². The standard InChI is InChI=1S/C24H24Cl2N6O2/c1-4-34-20-14-18(5-6-19(20)25)30-9-11-31(12-10-30)22(33)15-32-16(2)23(26)24(29-32)17-7-8-28-21(13-17)27-3/h5-8,13-14H,4,9-12,15H2,1-2H3. The molecule has 1 saturated heterocycles. The predicted molar refractivity (Wildman–Crippen MR) is 133 cm³/mol. The molecule has 0 spiro atoms. The van der Waals surface area contributed by atoms with Gasteiger partial charge in [-0.25, -0.2) is 0 Å². The van der Waals surface area contributed by atoms with Crippen LogP contribution in [-0.2, 0) is 11.3 Å². The number of piperazine rings is 1. The molecule has 0 bridgehead atoms. The third kappa shape index (κ3) is 4.96. The second-order valence-electron chi connectivity index (χ2n) is 7.84. The Balaban J connectivity index is 1.42. The van der Waals surface area contributed by atoms with Crippen LogP contribution >= 0.6 is 23.2 Å². The largest absolute Gasteiger partial charge is 0.492 e. The average molecular weight is 499 g/mol. The van der Waals surface area contributed by atoms with Crippen LogP contribution in [0.3, 0.4) is 0 Å². The molecule has 34 heavy (non-hydrogen) atoms. The summed E-state index contributed by atoms with van der Waals surface area (Å²) in [5, 5.41) is 5.61. The minimum Gasteiger partial charge on any atom is -0.492 e. The number of aromatic nitrogens is 3. The van der Waals surface area contributed by atoms with Crippen molar-refractivity contribution in [2.45, 2.75) is 20.4 Å². The van der Waals surface area contributed by atoms with E-state index in [-0.39, 0.29) is 18.3 Å². The molecule has 0 radical (unpaired) electrons. The van der Waals surface area contributed by atoms with Gasteiger partial charge in [0.15, 0.2) is 0 Å². The summed E-state index contributed by atoms with van der Waals surface area (Å²) in [7, 11) is 0. The highest BCUT2D eigenvalue weighted by molar-refractivity contribution is 6.33. The smallest absolute Gasteiger partial charge is 0.270 e. The van der Waals surface area contributed by atoms with E-state index < -0.39 is 0 Å². The monoisotopic (exact) mass is 498 g/mol. The van der Waals surface area contributed by atoms with Gasteiger partial charge in [-0.2, -0.15) is 5.10 Å². The molecule has 3 heterocycles. The molecule has 0 atom stereocenters. The van der Waals surface area contributed by atoms with Crippen molar-refractivity contribution in [2.24, 2.45) is 0 Å². The molecule has 0 unspecified atom stereocenters. The van der Waals surface area contributed by atoms with E-state index in [0.29, 0.717) is 65.5 Å². The number of amides is 1. The number of benzene rings is 1. The lowest BCUT2D eigenvalue weighted by atomic mass is 10.2. The molecule has 3 aromatic rings. The molecule has 1 aromatic carbocycles. The molecular weight excluding hydrogens is 475 g/mol. The Morgan fingerprint density at radius 2 is 1.94 bits per heavy atom. The first kappa shape index (κ1) is 23.9. The van der Waals surface area contributed by atoms with Gasteiger partial charge in [0.2, 0.25) is 5.91 Å². The number of carbonyl (C=O) groups is 1. The van der Waals surface area contributed by atoms with Crippen LogP contribution in [0.1, 0.15) is 12.6 Å². The first-order valence-electron chi connectivity index (χ1n) is 10.9. The fourth-order valence-corrected chi connectivity index (χ4v) is 4.30. The topological polar surface area (TPSA) is 67.9 Å². The van der Waals surface area contributed by atoms with E-state index in [4.69, 9.17) is 34.5 Å². The van der Waals surface area contributed by atoms with E-state index in [9.17, 15) is 4.79 Å². The normalized spacial score (nSPS) is 13.6. The Kier molecular flexibility index (Phi) is 7.25. The molecule has 0 N–H and O–H groups in total. The lowest BCUT2D eigenvalue weighted by Gasteiger charge is -2.36. The zero-order chi connectivity index (χ0) is 24.2. The third-order valence-electron chi connectivity index (χ3n) is 5.76. The molecule has 176 valence electrons. The zero-order valence-corrected chi connectivity index (χ0v) is 20.5. The molecular formula is C24H24Cl2N6O2. The van der Waals surface area contributed by atoms with E-state index in [2.05, 4.69) is 19.8 Å². The van der Waals surface area contributed by atoms with Crippen molar-refractivity contribution < 1.29 is 9.53 Å². The van der Waals surface area contributed by atoms with Crippen LogP contribution in [0.4, 0.5) is 11.5 Å². The van der Waals surface area contributed by atoms with Gasteiger partial charge in [0.25, 0.3) is 5.82 Å². The maximum atomic E-state index is 13.0. The minimum absolute atomic E-state index is 0.0175. The summed E-state index contributed by atoms with van der Waals surface area (Å²) in [4.78, 5) is 24.4. The number of nitrogens with zero attached hydrogens (tertiary/aromatic N) is 6. The molecule has 1 fully saturated rings. The Bertz CT molecular complexity index is 1240. The number of hydrogen-bond donors (Lipinski definition) is 0. The number of ether oxygens (including phenoxy) is 1. The zero-order valence-electron chi connectivity index (χ0n) is 19.0. The Hall–Kier alpha value is -3.28. The molecule has 1 aliphatic heterocycles. The molecule has 8 nitrogen and oxygen atoms in total. The molecule has 0 saturated carbocycles. The van der Waals surface area contributed by atoms with Crippen LogP contribution in [-0.4, -0.2) is 58.4 Å². The fraction of sp³-hybridized carbons (Fsp3) is 0.333. The van der Waals surface area contributed by atoms with E-state index in [0.717, 1.165) is 5.69 Å². The van der Waals surface area contributed by atoms with Crippen molar-refractivity contribution in [2.75, 3.05) is 37.7 Å².